The van der Waals surface area contributed by atoms with E-state index in [1.807, 2.05) is 0 Å². The summed E-state index contributed by atoms with van der Waals surface area (Å²) in [7, 11) is 0. The van der Waals surface area contributed by atoms with Crippen LogP contribution in [0, 0.1) is 23.5 Å². The Kier molecular flexibility index (Phi) is 5.58. The first-order chi connectivity index (χ1) is 14.4. The van der Waals surface area contributed by atoms with Gasteiger partial charge < -0.3 is 10.1 Å². The molecule has 2 heterocycles. The quantitative estimate of drug-likeness (QED) is 0.524. The van der Waals surface area contributed by atoms with E-state index < -0.39 is 29.9 Å². The lowest BCUT2D eigenvalue weighted by Crippen LogP contribution is -2.20. The maximum absolute atomic E-state index is 14.2. The van der Waals surface area contributed by atoms with E-state index in [2.05, 4.69) is 22.1 Å². The van der Waals surface area contributed by atoms with Gasteiger partial charge in [0.1, 0.15) is 17.7 Å². The maximum atomic E-state index is 14.2. The second kappa shape index (κ2) is 8.31. The predicted molar refractivity (Wildman–Crippen MR) is 108 cm³/mol. The zero-order valence-electron chi connectivity index (χ0n) is 15.1. The second-order valence-corrected chi connectivity index (χ2v) is 7.31. The van der Waals surface area contributed by atoms with E-state index in [0.29, 0.717) is 26.7 Å². The van der Waals surface area contributed by atoms with E-state index in [0.717, 1.165) is 18.2 Å². The molecule has 150 valence electrons. The summed E-state index contributed by atoms with van der Waals surface area (Å²) in [4.78, 5) is 16.0. The number of pyridine rings is 1. The number of nitrogens with zero attached hydrogens (tertiary/aromatic N) is 1. The van der Waals surface area contributed by atoms with Crippen LogP contribution < -0.4 is 5.32 Å². The summed E-state index contributed by atoms with van der Waals surface area (Å²) in [5.74, 6) is 4.60. The van der Waals surface area contributed by atoms with E-state index in [1.54, 1.807) is 30.5 Å². The molecule has 1 saturated heterocycles. The number of cyclic esters (lactones) is 1. The van der Waals surface area contributed by atoms with Crippen molar-refractivity contribution in [3.05, 3.63) is 98.8 Å². The molecule has 4 nitrogen and oxygen atoms in total. The van der Waals surface area contributed by atoms with Gasteiger partial charge in [-0.05, 0) is 48.0 Å². The number of rotatable bonds is 2. The molecule has 0 spiro atoms. The third-order valence-corrected chi connectivity index (χ3v) is 5.20. The van der Waals surface area contributed by atoms with Crippen molar-refractivity contribution >= 4 is 29.3 Å². The second-order valence-electron chi connectivity index (χ2n) is 6.50. The zero-order chi connectivity index (χ0) is 21.3. The lowest BCUT2D eigenvalue weighted by molar-refractivity contribution is 0.130. The average Bonchev–Trinajstić information content (AvgIpc) is 3.12. The Morgan fingerprint density at radius 3 is 2.57 bits per heavy atom. The molecule has 1 aliphatic rings. The summed E-state index contributed by atoms with van der Waals surface area (Å²) in [6, 6.07) is 8.95. The van der Waals surface area contributed by atoms with E-state index in [4.69, 9.17) is 27.9 Å². The number of ether oxygens (including phenoxy) is 1. The van der Waals surface area contributed by atoms with Crippen LogP contribution in [0.5, 0.6) is 0 Å². The Bertz CT molecular complexity index is 1210. The Morgan fingerprint density at radius 2 is 1.77 bits per heavy atom. The number of halogens is 4. The molecule has 1 aliphatic heterocycles. The van der Waals surface area contributed by atoms with Gasteiger partial charge >= 0.3 is 6.09 Å². The molecule has 1 aromatic heterocycles. The summed E-state index contributed by atoms with van der Waals surface area (Å²) < 4.78 is 33.1. The van der Waals surface area contributed by atoms with Crippen LogP contribution in [0.25, 0.3) is 0 Å². The number of hydrogen-bond acceptors (Lipinski definition) is 3. The van der Waals surface area contributed by atoms with Gasteiger partial charge in [0.15, 0.2) is 6.10 Å². The molecule has 1 fully saturated rings. The van der Waals surface area contributed by atoms with Crippen LogP contribution in [0.15, 0.2) is 54.9 Å². The lowest BCUT2D eigenvalue weighted by Gasteiger charge is -2.18. The first-order valence-corrected chi connectivity index (χ1v) is 9.50. The third kappa shape index (κ3) is 4.23. The molecule has 0 aliphatic carbocycles. The van der Waals surface area contributed by atoms with Crippen LogP contribution in [-0.2, 0) is 4.74 Å². The monoisotopic (exact) mass is 444 g/mol. The minimum absolute atomic E-state index is 0.0642. The first-order valence-electron chi connectivity index (χ1n) is 8.75. The highest BCUT2D eigenvalue weighted by Gasteiger charge is 2.38. The van der Waals surface area contributed by atoms with Crippen molar-refractivity contribution in [1.29, 1.82) is 0 Å². The molecule has 8 heteroatoms. The number of carbonyl (C=O) groups is 1. The first kappa shape index (κ1) is 20.1. The van der Waals surface area contributed by atoms with Crippen LogP contribution in [0.4, 0.5) is 13.6 Å². The number of alkyl carbamates (subject to hydrolysis) is 1. The number of benzene rings is 2. The van der Waals surface area contributed by atoms with Gasteiger partial charge in [-0.15, -0.1) is 0 Å². The van der Waals surface area contributed by atoms with Gasteiger partial charge in [-0.2, -0.15) is 0 Å². The minimum atomic E-state index is -1.05. The van der Waals surface area contributed by atoms with Gasteiger partial charge in [-0.25, -0.2) is 13.6 Å². The average molecular weight is 445 g/mol. The molecule has 0 radical (unpaired) electrons. The van der Waals surface area contributed by atoms with Gasteiger partial charge in [-0.3, -0.25) is 4.98 Å². The molecule has 1 N–H and O–H groups in total. The highest BCUT2D eigenvalue weighted by Crippen LogP contribution is 2.38. The molecule has 30 heavy (non-hydrogen) atoms. The Hall–Kier alpha value is -3.14. The van der Waals surface area contributed by atoms with Gasteiger partial charge in [-0.1, -0.05) is 35.0 Å². The summed E-state index contributed by atoms with van der Waals surface area (Å²) in [6.45, 7) is 0. The fourth-order valence-electron chi connectivity index (χ4n) is 3.07. The summed E-state index contributed by atoms with van der Waals surface area (Å²) in [6.07, 6.45) is 1.27. The van der Waals surface area contributed by atoms with Crippen molar-refractivity contribution in [2.45, 2.75) is 12.1 Å². The Morgan fingerprint density at radius 1 is 0.967 bits per heavy atom. The van der Waals surface area contributed by atoms with E-state index in [9.17, 15) is 13.6 Å². The van der Waals surface area contributed by atoms with Crippen molar-refractivity contribution in [3.8, 4) is 11.8 Å². The van der Waals surface area contributed by atoms with Gasteiger partial charge in [0, 0.05) is 29.1 Å². The summed E-state index contributed by atoms with van der Waals surface area (Å²) >= 11 is 11.9. The smallest absolute Gasteiger partial charge is 0.408 e. The van der Waals surface area contributed by atoms with Gasteiger partial charge in [0.2, 0.25) is 0 Å². The molecule has 0 saturated carbocycles. The van der Waals surface area contributed by atoms with Crippen LogP contribution in [0.1, 0.15) is 34.4 Å². The molecular formula is C22H12Cl2F2N2O2. The molecule has 2 aromatic carbocycles. The highest BCUT2D eigenvalue weighted by molar-refractivity contribution is 6.42. The predicted octanol–water partition coefficient (Wildman–Crippen LogP) is 5.59. The molecule has 1 amide bonds. The number of carbonyl (C=O) groups excluding carboxylic acids is 1. The number of amides is 1. The number of hydrogen-bond donors (Lipinski definition) is 1. The van der Waals surface area contributed by atoms with Gasteiger partial charge in [0.05, 0.1) is 10.0 Å². The standard InChI is InChI=1S/C22H12Cl2F2N2O2/c23-17-5-3-12(8-18(17)24)1-2-13-7-14(11-27-10-13)20-21(30-22(29)28-20)16-9-15(25)4-6-19(16)26/h3-11,20-21H,(H,28,29)/t20-,21-/m1/s1. The van der Waals surface area contributed by atoms with Crippen LogP contribution in [0.2, 0.25) is 10.0 Å². The van der Waals surface area contributed by atoms with Crippen molar-refractivity contribution in [1.82, 2.24) is 10.3 Å². The fraction of sp³-hybridized carbons (Fsp3) is 0.0909. The van der Waals surface area contributed by atoms with E-state index in [1.165, 1.54) is 6.20 Å². The molecular weight excluding hydrogens is 433 g/mol. The highest BCUT2D eigenvalue weighted by atomic mass is 35.5. The maximum Gasteiger partial charge on any atom is 0.408 e. The van der Waals surface area contributed by atoms with Crippen molar-refractivity contribution in [2.75, 3.05) is 0 Å². The normalized spacial score (nSPS) is 17.7. The Balaban J connectivity index is 1.65. The van der Waals surface area contributed by atoms with Crippen LogP contribution in [0.3, 0.4) is 0 Å². The zero-order valence-corrected chi connectivity index (χ0v) is 16.6. The summed E-state index contributed by atoms with van der Waals surface area (Å²) in [5, 5.41) is 3.43. The van der Waals surface area contributed by atoms with Crippen molar-refractivity contribution < 1.29 is 18.3 Å². The number of nitrogens with one attached hydrogen (secondary N) is 1. The van der Waals surface area contributed by atoms with E-state index in [-0.39, 0.29) is 5.56 Å². The summed E-state index contributed by atoms with van der Waals surface area (Å²) in [5.41, 5.74) is 1.69. The molecule has 4 rings (SSSR count). The van der Waals surface area contributed by atoms with Gasteiger partial charge in [0.25, 0.3) is 0 Å². The topological polar surface area (TPSA) is 51.2 Å². The molecule has 2 atom stereocenters. The third-order valence-electron chi connectivity index (χ3n) is 4.46. The van der Waals surface area contributed by atoms with Crippen LogP contribution in [-0.4, -0.2) is 11.1 Å². The largest absolute Gasteiger partial charge is 0.439 e. The van der Waals surface area contributed by atoms with Crippen molar-refractivity contribution in [3.63, 3.8) is 0 Å². The van der Waals surface area contributed by atoms with E-state index >= 15 is 0 Å². The Labute approximate surface area is 180 Å². The lowest BCUT2D eigenvalue weighted by atomic mass is 9.96. The molecule has 0 bridgehead atoms. The number of aromatic nitrogens is 1. The molecule has 0 unspecified atom stereocenters. The fourth-order valence-corrected chi connectivity index (χ4v) is 3.37. The van der Waals surface area contributed by atoms with Crippen LogP contribution >= 0.6 is 23.2 Å². The van der Waals surface area contributed by atoms with Crippen molar-refractivity contribution in [2.24, 2.45) is 0 Å². The molecule has 3 aromatic rings. The SMILES string of the molecule is O=C1N[C@H](c2cncc(C#Cc3ccc(Cl)c(Cl)c3)c2)[C@@H](c2cc(F)ccc2F)O1. The minimum Gasteiger partial charge on any atom is -0.439 e.